The summed E-state index contributed by atoms with van der Waals surface area (Å²) in [6, 6.07) is 9.25. The SMILES string of the molecule is CCc1ccc(OC[C@@H](O)CN2[C@H](C)CCC[C@@H]2C)cc1. The second kappa shape index (κ2) is 7.81. The van der Waals surface area contributed by atoms with Gasteiger partial charge in [-0.2, -0.15) is 0 Å². The zero-order valence-corrected chi connectivity index (χ0v) is 13.6. The molecule has 0 aromatic heterocycles. The summed E-state index contributed by atoms with van der Waals surface area (Å²) in [4.78, 5) is 2.41. The summed E-state index contributed by atoms with van der Waals surface area (Å²) < 4.78 is 5.70. The van der Waals surface area contributed by atoms with Gasteiger partial charge >= 0.3 is 0 Å². The number of piperidine rings is 1. The summed E-state index contributed by atoms with van der Waals surface area (Å²) in [6.07, 6.45) is 4.37. The summed E-state index contributed by atoms with van der Waals surface area (Å²) in [5.41, 5.74) is 1.30. The molecule has 1 aliphatic rings. The number of aliphatic hydroxyl groups excluding tert-OH is 1. The van der Waals surface area contributed by atoms with E-state index >= 15 is 0 Å². The highest BCUT2D eigenvalue weighted by atomic mass is 16.5. The van der Waals surface area contributed by atoms with Gasteiger partial charge in [0.15, 0.2) is 0 Å². The van der Waals surface area contributed by atoms with E-state index in [4.69, 9.17) is 4.74 Å². The van der Waals surface area contributed by atoms with E-state index in [-0.39, 0.29) is 0 Å². The van der Waals surface area contributed by atoms with Crippen molar-refractivity contribution < 1.29 is 9.84 Å². The van der Waals surface area contributed by atoms with Gasteiger partial charge in [-0.1, -0.05) is 25.5 Å². The molecule has 1 aliphatic heterocycles. The summed E-state index contributed by atoms with van der Waals surface area (Å²) in [5, 5.41) is 10.2. The van der Waals surface area contributed by atoms with Gasteiger partial charge in [-0.05, 0) is 50.8 Å². The Bertz CT molecular complexity index is 408. The van der Waals surface area contributed by atoms with E-state index in [0.29, 0.717) is 25.2 Å². The molecule has 3 heteroatoms. The predicted octanol–water partition coefficient (Wildman–Crippen LogP) is 3.25. The van der Waals surface area contributed by atoms with Gasteiger partial charge in [0.25, 0.3) is 0 Å². The Morgan fingerprint density at radius 1 is 1.19 bits per heavy atom. The van der Waals surface area contributed by atoms with E-state index < -0.39 is 6.10 Å². The van der Waals surface area contributed by atoms with E-state index in [1.54, 1.807) is 0 Å². The molecule has 0 amide bonds. The first kappa shape index (κ1) is 16.3. The van der Waals surface area contributed by atoms with Crippen molar-refractivity contribution in [1.29, 1.82) is 0 Å². The fourth-order valence-corrected chi connectivity index (χ4v) is 3.14. The Balaban J connectivity index is 1.79. The highest BCUT2D eigenvalue weighted by Gasteiger charge is 2.26. The van der Waals surface area contributed by atoms with Crippen LogP contribution < -0.4 is 4.74 Å². The maximum absolute atomic E-state index is 10.2. The first-order valence-corrected chi connectivity index (χ1v) is 8.25. The average Bonchev–Trinajstić information content (AvgIpc) is 2.49. The molecule has 2 rings (SSSR count). The van der Waals surface area contributed by atoms with Crippen LogP contribution in [0.15, 0.2) is 24.3 Å². The molecule has 1 saturated heterocycles. The maximum atomic E-state index is 10.2. The molecule has 0 radical (unpaired) electrons. The normalized spacial score (nSPS) is 24.8. The lowest BCUT2D eigenvalue weighted by Gasteiger charge is -2.40. The zero-order chi connectivity index (χ0) is 15.2. The lowest BCUT2D eigenvalue weighted by Crippen LogP contribution is -2.48. The largest absolute Gasteiger partial charge is 0.491 e. The molecule has 21 heavy (non-hydrogen) atoms. The van der Waals surface area contributed by atoms with Gasteiger partial charge in [0, 0.05) is 18.6 Å². The number of benzene rings is 1. The van der Waals surface area contributed by atoms with E-state index in [1.807, 2.05) is 12.1 Å². The average molecular weight is 291 g/mol. The van der Waals surface area contributed by atoms with Gasteiger partial charge in [-0.15, -0.1) is 0 Å². The third kappa shape index (κ3) is 4.72. The van der Waals surface area contributed by atoms with Crippen molar-refractivity contribution in [2.75, 3.05) is 13.2 Å². The highest BCUT2D eigenvalue weighted by Crippen LogP contribution is 2.22. The quantitative estimate of drug-likeness (QED) is 0.873. The second-order valence-electron chi connectivity index (χ2n) is 6.29. The van der Waals surface area contributed by atoms with E-state index in [9.17, 15) is 5.11 Å². The molecule has 118 valence electrons. The zero-order valence-electron chi connectivity index (χ0n) is 13.6. The standard InChI is InChI=1S/C18H29NO2/c1-4-16-8-10-18(11-9-16)21-13-17(20)12-19-14(2)6-5-7-15(19)3/h8-11,14-15,17,20H,4-7,12-13H2,1-3H3/t14-,15+,17-/m0/s1. The van der Waals surface area contributed by atoms with E-state index in [0.717, 1.165) is 12.2 Å². The van der Waals surface area contributed by atoms with Crippen molar-refractivity contribution in [2.24, 2.45) is 0 Å². The molecule has 0 saturated carbocycles. The third-order valence-electron chi connectivity index (χ3n) is 4.57. The van der Waals surface area contributed by atoms with Gasteiger partial charge in [-0.3, -0.25) is 4.90 Å². The Kier molecular flexibility index (Phi) is 6.07. The summed E-state index contributed by atoms with van der Waals surface area (Å²) in [7, 11) is 0. The topological polar surface area (TPSA) is 32.7 Å². The van der Waals surface area contributed by atoms with Crippen LogP contribution in [0.5, 0.6) is 5.75 Å². The van der Waals surface area contributed by atoms with Crippen LogP contribution in [-0.2, 0) is 6.42 Å². The summed E-state index contributed by atoms with van der Waals surface area (Å²) >= 11 is 0. The van der Waals surface area contributed by atoms with Crippen molar-refractivity contribution in [1.82, 2.24) is 4.90 Å². The van der Waals surface area contributed by atoms with Gasteiger partial charge in [0.1, 0.15) is 18.5 Å². The molecule has 3 atom stereocenters. The minimum atomic E-state index is -0.432. The van der Waals surface area contributed by atoms with E-state index in [2.05, 4.69) is 37.8 Å². The molecule has 0 aliphatic carbocycles. The Morgan fingerprint density at radius 2 is 1.81 bits per heavy atom. The van der Waals surface area contributed by atoms with Crippen molar-refractivity contribution in [2.45, 2.75) is 64.6 Å². The fraction of sp³-hybridized carbons (Fsp3) is 0.667. The number of aryl methyl sites for hydroxylation is 1. The van der Waals surface area contributed by atoms with Crippen LogP contribution in [0.2, 0.25) is 0 Å². The molecule has 1 fully saturated rings. The highest BCUT2D eigenvalue weighted by molar-refractivity contribution is 5.27. The van der Waals surface area contributed by atoms with Crippen LogP contribution in [0.3, 0.4) is 0 Å². The van der Waals surface area contributed by atoms with Gasteiger partial charge in [0.2, 0.25) is 0 Å². The van der Waals surface area contributed by atoms with Crippen molar-refractivity contribution >= 4 is 0 Å². The summed E-state index contributed by atoms with van der Waals surface area (Å²) in [5.74, 6) is 0.839. The second-order valence-corrected chi connectivity index (χ2v) is 6.29. The number of nitrogens with zero attached hydrogens (tertiary/aromatic N) is 1. The van der Waals surface area contributed by atoms with Crippen LogP contribution >= 0.6 is 0 Å². The van der Waals surface area contributed by atoms with Crippen LogP contribution in [0.1, 0.15) is 45.6 Å². The minimum absolute atomic E-state index is 0.363. The number of hydrogen-bond donors (Lipinski definition) is 1. The van der Waals surface area contributed by atoms with Gasteiger partial charge in [0.05, 0.1) is 0 Å². The Hall–Kier alpha value is -1.06. The van der Waals surface area contributed by atoms with Gasteiger partial charge < -0.3 is 9.84 Å². The van der Waals surface area contributed by atoms with Crippen LogP contribution in [0, 0.1) is 0 Å². The summed E-state index contributed by atoms with van der Waals surface area (Å²) in [6.45, 7) is 7.72. The Labute approximate surface area is 128 Å². The van der Waals surface area contributed by atoms with Crippen LogP contribution in [0.25, 0.3) is 0 Å². The van der Waals surface area contributed by atoms with Crippen LogP contribution in [-0.4, -0.2) is 41.3 Å². The van der Waals surface area contributed by atoms with Crippen molar-refractivity contribution in [3.05, 3.63) is 29.8 Å². The number of likely N-dealkylation sites (tertiary alicyclic amines) is 1. The molecule has 1 N–H and O–H groups in total. The van der Waals surface area contributed by atoms with Crippen molar-refractivity contribution in [3.8, 4) is 5.75 Å². The number of ether oxygens (including phenoxy) is 1. The molecule has 3 nitrogen and oxygen atoms in total. The molecule has 0 spiro atoms. The number of β-amino-alcohol motifs (C(OH)–C–C–N with tert-alkyl or cyclic N) is 1. The molecule has 1 aromatic rings. The first-order chi connectivity index (χ1) is 10.1. The molecular formula is C18H29NO2. The number of hydrogen-bond acceptors (Lipinski definition) is 3. The van der Waals surface area contributed by atoms with Gasteiger partial charge in [-0.25, -0.2) is 0 Å². The Morgan fingerprint density at radius 3 is 2.38 bits per heavy atom. The smallest absolute Gasteiger partial charge is 0.119 e. The third-order valence-corrected chi connectivity index (χ3v) is 4.57. The van der Waals surface area contributed by atoms with E-state index in [1.165, 1.54) is 24.8 Å². The van der Waals surface area contributed by atoms with Crippen LogP contribution in [0.4, 0.5) is 0 Å². The first-order valence-electron chi connectivity index (χ1n) is 8.25. The minimum Gasteiger partial charge on any atom is -0.491 e. The molecule has 0 bridgehead atoms. The monoisotopic (exact) mass is 291 g/mol. The molecule has 0 unspecified atom stereocenters. The fourth-order valence-electron chi connectivity index (χ4n) is 3.14. The molecule has 1 aromatic carbocycles. The molecular weight excluding hydrogens is 262 g/mol. The maximum Gasteiger partial charge on any atom is 0.119 e. The molecule has 1 heterocycles. The van der Waals surface area contributed by atoms with Crippen molar-refractivity contribution in [3.63, 3.8) is 0 Å². The lowest BCUT2D eigenvalue weighted by atomic mass is 9.97. The number of rotatable bonds is 6. The number of aliphatic hydroxyl groups is 1. The predicted molar refractivity (Wildman–Crippen MR) is 86.8 cm³/mol. The lowest BCUT2D eigenvalue weighted by molar-refractivity contribution is 0.0209.